The molecule has 1 aromatic rings. The summed E-state index contributed by atoms with van der Waals surface area (Å²) in [7, 11) is 0. The summed E-state index contributed by atoms with van der Waals surface area (Å²) >= 11 is 0. The summed E-state index contributed by atoms with van der Waals surface area (Å²) in [6, 6.07) is 8.54. The Morgan fingerprint density at radius 1 is 1.47 bits per heavy atom. The van der Waals surface area contributed by atoms with Gasteiger partial charge in [0.25, 0.3) is 0 Å². The predicted octanol–water partition coefficient (Wildman–Crippen LogP) is 3.47. The van der Waals surface area contributed by atoms with Crippen LogP contribution in [0, 0.1) is 18.3 Å². The number of nitriles is 1. The average molecular weight is 202 g/mol. The first kappa shape index (κ1) is 11.6. The van der Waals surface area contributed by atoms with E-state index in [1.165, 1.54) is 12.8 Å². The molecule has 80 valence electrons. The number of nitrogens with zero attached hydrogens (tertiary/aromatic N) is 1. The summed E-state index contributed by atoms with van der Waals surface area (Å²) < 4.78 is 0. The summed E-state index contributed by atoms with van der Waals surface area (Å²) in [4.78, 5) is 0. The van der Waals surface area contributed by atoms with Crippen LogP contribution in [0.4, 0.5) is 5.69 Å². The molecule has 0 spiro atoms. The van der Waals surface area contributed by atoms with Crippen LogP contribution < -0.4 is 5.32 Å². The summed E-state index contributed by atoms with van der Waals surface area (Å²) in [5.41, 5.74) is 2.89. The molecule has 0 fully saturated rings. The molecule has 0 saturated heterocycles. The number of anilines is 1. The summed E-state index contributed by atoms with van der Waals surface area (Å²) in [6.45, 7) is 6.33. The standard InChI is InChI=1S/C13H18N2/c1-4-5-11(3)15-13-7-6-12(9-14)10(2)8-13/h6-8,11,15H,4-5H2,1-3H3. The van der Waals surface area contributed by atoms with E-state index < -0.39 is 0 Å². The lowest BCUT2D eigenvalue weighted by atomic mass is 10.1. The second-order valence-corrected chi connectivity index (χ2v) is 3.98. The first-order valence-corrected chi connectivity index (χ1v) is 5.44. The van der Waals surface area contributed by atoms with E-state index >= 15 is 0 Å². The molecule has 0 radical (unpaired) electrons. The Morgan fingerprint density at radius 3 is 2.73 bits per heavy atom. The van der Waals surface area contributed by atoms with Crippen LogP contribution in [0.25, 0.3) is 0 Å². The molecule has 0 aliphatic rings. The molecule has 1 N–H and O–H groups in total. The van der Waals surface area contributed by atoms with E-state index in [-0.39, 0.29) is 0 Å². The van der Waals surface area contributed by atoms with Crippen LogP contribution in [-0.2, 0) is 0 Å². The van der Waals surface area contributed by atoms with Crippen molar-refractivity contribution < 1.29 is 0 Å². The largest absolute Gasteiger partial charge is 0.383 e. The number of benzene rings is 1. The molecule has 0 aromatic heterocycles. The van der Waals surface area contributed by atoms with Gasteiger partial charge >= 0.3 is 0 Å². The third kappa shape index (κ3) is 3.28. The van der Waals surface area contributed by atoms with Gasteiger partial charge in [0, 0.05) is 11.7 Å². The third-order valence-electron chi connectivity index (χ3n) is 2.48. The predicted molar refractivity (Wildman–Crippen MR) is 63.9 cm³/mol. The molecule has 1 unspecified atom stereocenters. The molecule has 1 aromatic carbocycles. The van der Waals surface area contributed by atoms with Crippen LogP contribution in [0.15, 0.2) is 18.2 Å². The van der Waals surface area contributed by atoms with Gasteiger partial charge in [0.05, 0.1) is 11.6 Å². The Morgan fingerprint density at radius 2 is 2.20 bits per heavy atom. The second-order valence-electron chi connectivity index (χ2n) is 3.98. The molecule has 1 atom stereocenters. The Balaban J connectivity index is 2.72. The Labute approximate surface area is 91.9 Å². The van der Waals surface area contributed by atoms with Gasteiger partial charge < -0.3 is 5.32 Å². The van der Waals surface area contributed by atoms with Crippen molar-refractivity contribution in [3.63, 3.8) is 0 Å². The Bertz CT molecular complexity index is 363. The number of nitrogens with one attached hydrogen (secondary N) is 1. The Hall–Kier alpha value is -1.49. The van der Waals surface area contributed by atoms with Gasteiger partial charge in [-0.1, -0.05) is 13.3 Å². The molecule has 2 nitrogen and oxygen atoms in total. The van der Waals surface area contributed by atoms with Gasteiger partial charge in [-0.3, -0.25) is 0 Å². The van der Waals surface area contributed by atoms with Crippen molar-refractivity contribution in [3.05, 3.63) is 29.3 Å². The zero-order chi connectivity index (χ0) is 11.3. The lowest BCUT2D eigenvalue weighted by molar-refractivity contribution is 0.690. The number of aryl methyl sites for hydroxylation is 1. The highest BCUT2D eigenvalue weighted by atomic mass is 14.9. The van der Waals surface area contributed by atoms with Crippen molar-refractivity contribution in [1.29, 1.82) is 5.26 Å². The zero-order valence-electron chi connectivity index (χ0n) is 9.67. The van der Waals surface area contributed by atoms with Gasteiger partial charge in [0.15, 0.2) is 0 Å². The molecule has 0 amide bonds. The van der Waals surface area contributed by atoms with Crippen molar-refractivity contribution >= 4 is 5.69 Å². The van der Waals surface area contributed by atoms with E-state index in [1.54, 1.807) is 0 Å². The van der Waals surface area contributed by atoms with Crippen LogP contribution in [-0.4, -0.2) is 6.04 Å². The fraction of sp³-hybridized carbons (Fsp3) is 0.462. The summed E-state index contributed by atoms with van der Waals surface area (Å²) in [5, 5.41) is 12.2. The minimum absolute atomic E-state index is 0.488. The summed E-state index contributed by atoms with van der Waals surface area (Å²) in [6.07, 6.45) is 2.35. The highest BCUT2D eigenvalue weighted by Crippen LogP contribution is 2.16. The van der Waals surface area contributed by atoms with Gasteiger partial charge in [-0.2, -0.15) is 5.26 Å². The molecule has 0 aliphatic heterocycles. The maximum atomic E-state index is 8.81. The monoisotopic (exact) mass is 202 g/mol. The molecule has 0 aliphatic carbocycles. The molecule has 2 heteroatoms. The lowest BCUT2D eigenvalue weighted by Gasteiger charge is -2.14. The molecule has 0 bridgehead atoms. The first-order valence-electron chi connectivity index (χ1n) is 5.44. The molecule has 15 heavy (non-hydrogen) atoms. The van der Waals surface area contributed by atoms with Crippen LogP contribution >= 0.6 is 0 Å². The van der Waals surface area contributed by atoms with Gasteiger partial charge in [0.2, 0.25) is 0 Å². The average Bonchev–Trinajstić information content (AvgIpc) is 2.18. The molecular weight excluding hydrogens is 184 g/mol. The van der Waals surface area contributed by atoms with E-state index in [0.717, 1.165) is 16.8 Å². The van der Waals surface area contributed by atoms with Crippen LogP contribution in [0.5, 0.6) is 0 Å². The number of hydrogen-bond acceptors (Lipinski definition) is 2. The van der Waals surface area contributed by atoms with Crippen LogP contribution in [0.2, 0.25) is 0 Å². The van der Waals surface area contributed by atoms with Crippen LogP contribution in [0.3, 0.4) is 0 Å². The minimum Gasteiger partial charge on any atom is -0.383 e. The van der Waals surface area contributed by atoms with Gasteiger partial charge in [0.1, 0.15) is 0 Å². The van der Waals surface area contributed by atoms with Gasteiger partial charge in [-0.15, -0.1) is 0 Å². The zero-order valence-corrected chi connectivity index (χ0v) is 9.67. The van der Waals surface area contributed by atoms with E-state index in [9.17, 15) is 0 Å². The highest BCUT2D eigenvalue weighted by Gasteiger charge is 2.02. The fourth-order valence-corrected chi connectivity index (χ4v) is 1.67. The number of rotatable bonds is 4. The maximum Gasteiger partial charge on any atom is 0.0994 e. The highest BCUT2D eigenvalue weighted by molar-refractivity contribution is 5.51. The smallest absolute Gasteiger partial charge is 0.0994 e. The van der Waals surface area contributed by atoms with Crippen molar-refractivity contribution in [3.8, 4) is 6.07 Å². The van der Waals surface area contributed by atoms with Crippen molar-refractivity contribution in [1.82, 2.24) is 0 Å². The van der Waals surface area contributed by atoms with Crippen molar-refractivity contribution in [2.24, 2.45) is 0 Å². The quantitative estimate of drug-likeness (QED) is 0.811. The normalized spacial score (nSPS) is 11.9. The van der Waals surface area contributed by atoms with E-state index in [4.69, 9.17) is 5.26 Å². The van der Waals surface area contributed by atoms with E-state index in [0.29, 0.717) is 6.04 Å². The fourth-order valence-electron chi connectivity index (χ4n) is 1.67. The SMILES string of the molecule is CCCC(C)Nc1ccc(C#N)c(C)c1. The topological polar surface area (TPSA) is 35.8 Å². The number of hydrogen-bond donors (Lipinski definition) is 1. The second kappa shape index (κ2) is 5.41. The van der Waals surface area contributed by atoms with Gasteiger partial charge in [-0.25, -0.2) is 0 Å². The third-order valence-corrected chi connectivity index (χ3v) is 2.48. The van der Waals surface area contributed by atoms with Crippen molar-refractivity contribution in [2.75, 3.05) is 5.32 Å². The van der Waals surface area contributed by atoms with E-state index in [1.807, 2.05) is 25.1 Å². The maximum absolute atomic E-state index is 8.81. The molecule has 1 rings (SSSR count). The Kier molecular flexibility index (Phi) is 4.17. The van der Waals surface area contributed by atoms with E-state index in [2.05, 4.69) is 25.2 Å². The van der Waals surface area contributed by atoms with Crippen molar-refractivity contribution in [2.45, 2.75) is 39.7 Å². The lowest BCUT2D eigenvalue weighted by Crippen LogP contribution is -2.14. The summed E-state index contributed by atoms with van der Waals surface area (Å²) in [5.74, 6) is 0. The molecule has 0 heterocycles. The first-order chi connectivity index (χ1) is 7.17. The van der Waals surface area contributed by atoms with Crippen LogP contribution in [0.1, 0.15) is 37.8 Å². The minimum atomic E-state index is 0.488. The van der Waals surface area contributed by atoms with Gasteiger partial charge in [-0.05, 0) is 44.0 Å². The molecule has 0 saturated carbocycles. The molecular formula is C13H18N2.